The molecule has 68 valence electrons. The first-order valence-corrected chi connectivity index (χ1v) is 7.21. The third-order valence-electron chi connectivity index (χ3n) is 1.16. The average molecular weight is 185 g/mol. The molecule has 1 atom stereocenters. The van der Waals surface area contributed by atoms with Crippen molar-refractivity contribution in [3.8, 4) is 0 Å². The van der Waals surface area contributed by atoms with Crippen molar-refractivity contribution >= 4 is 8.32 Å². The van der Waals surface area contributed by atoms with Crippen LogP contribution in [0.25, 0.3) is 10.4 Å². The zero-order valence-corrected chi connectivity index (χ0v) is 8.82. The molecule has 0 rings (SSSR count). The standard InChI is InChI=1S/C7H15N3OSi/c1-5-7(9-10-8)6-11-12(2,3)4/h5,7H,1,6H2,2-4H3. The third kappa shape index (κ3) is 5.97. The quantitative estimate of drug-likeness (QED) is 0.213. The fourth-order valence-corrected chi connectivity index (χ4v) is 1.22. The summed E-state index contributed by atoms with van der Waals surface area (Å²) in [6.07, 6.45) is 1.60. The van der Waals surface area contributed by atoms with Gasteiger partial charge in [-0.05, 0) is 25.2 Å². The lowest BCUT2D eigenvalue weighted by Crippen LogP contribution is -2.29. The van der Waals surface area contributed by atoms with Crippen molar-refractivity contribution in [2.75, 3.05) is 6.61 Å². The molecular weight excluding hydrogens is 170 g/mol. The van der Waals surface area contributed by atoms with E-state index in [9.17, 15) is 0 Å². The molecule has 0 aliphatic carbocycles. The van der Waals surface area contributed by atoms with Crippen molar-refractivity contribution in [2.24, 2.45) is 5.11 Å². The minimum Gasteiger partial charge on any atom is -0.417 e. The summed E-state index contributed by atoms with van der Waals surface area (Å²) in [4.78, 5) is 2.70. The summed E-state index contributed by atoms with van der Waals surface area (Å²) in [6, 6.07) is -0.235. The molecule has 1 unspecified atom stereocenters. The van der Waals surface area contributed by atoms with Crippen LogP contribution in [0.15, 0.2) is 17.8 Å². The van der Waals surface area contributed by atoms with Crippen LogP contribution in [0.3, 0.4) is 0 Å². The average Bonchev–Trinajstić information content (AvgIpc) is 1.96. The summed E-state index contributed by atoms with van der Waals surface area (Å²) < 4.78 is 5.54. The zero-order valence-electron chi connectivity index (χ0n) is 7.82. The van der Waals surface area contributed by atoms with Crippen molar-refractivity contribution in [1.82, 2.24) is 0 Å². The van der Waals surface area contributed by atoms with Gasteiger partial charge in [0.15, 0.2) is 8.32 Å². The summed E-state index contributed by atoms with van der Waals surface area (Å²) in [5, 5.41) is 3.51. The lowest BCUT2D eigenvalue weighted by atomic mass is 10.3. The van der Waals surface area contributed by atoms with Crippen LogP contribution in [0, 0.1) is 0 Å². The molecule has 0 N–H and O–H groups in total. The van der Waals surface area contributed by atoms with Gasteiger partial charge in [0, 0.05) is 11.5 Å². The van der Waals surface area contributed by atoms with Crippen LogP contribution in [0.5, 0.6) is 0 Å². The summed E-state index contributed by atoms with van der Waals surface area (Å²) >= 11 is 0. The number of rotatable bonds is 5. The molecule has 0 fully saturated rings. The Balaban J connectivity index is 3.89. The van der Waals surface area contributed by atoms with Gasteiger partial charge in [0.1, 0.15) is 0 Å². The summed E-state index contributed by atoms with van der Waals surface area (Å²) in [6.45, 7) is 10.3. The van der Waals surface area contributed by atoms with Gasteiger partial charge in [0.25, 0.3) is 0 Å². The Morgan fingerprint density at radius 2 is 2.25 bits per heavy atom. The maximum absolute atomic E-state index is 8.16. The number of nitrogens with zero attached hydrogens (tertiary/aromatic N) is 3. The maximum Gasteiger partial charge on any atom is 0.183 e. The molecule has 0 radical (unpaired) electrons. The lowest BCUT2D eigenvalue weighted by Gasteiger charge is -2.18. The molecule has 0 aromatic heterocycles. The van der Waals surface area contributed by atoms with Gasteiger partial charge >= 0.3 is 0 Å². The van der Waals surface area contributed by atoms with E-state index in [-0.39, 0.29) is 6.04 Å². The van der Waals surface area contributed by atoms with Crippen LogP contribution < -0.4 is 0 Å². The molecule has 0 amide bonds. The lowest BCUT2D eigenvalue weighted by molar-refractivity contribution is 0.300. The van der Waals surface area contributed by atoms with E-state index in [1.807, 2.05) is 0 Å². The summed E-state index contributed by atoms with van der Waals surface area (Å²) in [5.41, 5.74) is 8.16. The monoisotopic (exact) mass is 185 g/mol. The Hall–Kier alpha value is -0.773. The van der Waals surface area contributed by atoms with Gasteiger partial charge in [-0.25, -0.2) is 0 Å². The number of hydrogen-bond donors (Lipinski definition) is 0. The molecule has 0 bridgehead atoms. The van der Waals surface area contributed by atoms with Gasteiger partial charge in [0.05, 0.1) is 6.04 Å². The van der Waals surface area contributed by atoms with E-state index in [1.165, 1.54) is 0 Å². The highest BCUT2D eigenvalue weighted by molar-refractivity contribution is 6.69. The first-order valence-electron chi connectivity index (χ1n) is 3.80. The van der Waals surface area contributed by atoms with Crippen LogP contribution >= 0.6 is 0 Å². The molecule has 12 heavy (non-hydrogen) atoms. The van der Waals surface area contributed by atoms with Crippen molar-refractivity contribution in [3.63, 3.8) is 0 Å². The highest BCUT2D eigenvalue weighted by Gasteiger charge is 2.15. The predicted molar refractivity (Wildman–Crippen MR) is 52.4 cm³/mol. The van der Waals surface area contributed by atoms with Gasteiger partial charge in [-0.1, -0.05) is 11.2 Å². The largest absolute Gasteiger partial charge is 0.417 e. The van der Waals surface area contributed by atoms with Gasteiger partial charge in [-0.15, -0.1) is 6.58 Å². The molecule has 0 aliphatic heterocycles. The van der Waals surface area contributed by atoms with Crippen LogP contribution in [0.1, 0.15) is 0 Å². The molecule has 0 aliphatic rings. The van der Waals surface area contributed by atoms with Crippen LogP contribution in [0.2, 0.25) is 19.6 Å². The Morgan fingerprint density at radius 1 is 1.67 bits per heavy atom. The SMILES string of the molecule is C=CC(CO[Si](C)(C)C)N=[N+]=[N-]. The summed E-state index contributed by atoms with van der Waals surface area (Å²) in [5.74, 6) is 0. The van der Waals surface area contributed by atoms with E-state index in [1.54, 1.807) is 6.08 Å². The Morgan fingerprint density at radius 3 is 2.58 bits per heavy atom. The highest BCUT2D eigenvalue weighted by Crippen LogP contribution is 2.05. The van der Waals surface area contributed by atoms with Gasteiger partial charge in [-0.3, -0.25) is 0 Å². The first kappa shape index (κ1) is 11.2. The van der Waals surface area contributed by atoms with Gasteiger partial charge in [0.2, 0.25) is 0 Å². The maximum atomic E-state index is 8.16. The van der Waals surface area contributed by atoms with Crippen molar-refractivity contribution in [1.29, 1.82) is 0 Å². The topological polar surface area (TPSA) is 58.0 Å². The minimum absolute atomic E-state index is 0.235. The number of hydrogen-bond acceptors (Lipinski definition) is 2. The molecule has 0 saturated heterocycles. The number of azide groups is 1. The third-order valence-corrected chi connectivity index (χ3v) is 2.19. The van der Waals surface area contributed by atoms with Crippen LogP contribution in [-0.2, 0) is 4.43 Å². The van der Waals surface area contributed by atoms with Crippen molar-refractivity contribution in [2.45, 2.75) is 25.7 Å². The Labute approximate surface area is 74.0 Å². The minimum atomic E-state index is -1.50. The van der Waals surface area contributed by atoms with Crippen molar-refractivity contribution < 1.29 is 4.43 Å². The molecule has 0 saturated carbocycles. The Bertz CT molecular complexity index is 193. The highest BCUT2D eigenvalue weighted by atomic mass is 28.4. The molecule has 0 aromatic rings. The zero-order chi connectivity index (χ0) is 9.61. The van der Waals surface area contributed by atoms with E-state index in [4.69, 9.17) is 9.96 Å². The Kier molecular flexibility index (Phi) is 4.66. The first-order chi connectivity index (χ1) is 5.49. The van der Waals surface area contributed by atoms with Crippen molar-refractivity contribution in [3.05, 3.63) is 23.1 Å². The van der Waals surface area contributed by atoms with E-state index in [0.29, 0.717) is 6.61 Å². The molecular formula is C7H15N3OSi. The molecule has 0 heterocycles. The van der Waals surface area contributed by atoms with E-state index < -0.39 is 8.32 Å². The predicted octanol–water partition coefficient (Wildman–Crippen LogP) is 2.70. The smallest absolute Gasteiger partial charge is 0.183 e. The van der Waals surface area contributed by atoms with Gasteiger partial charge < -0.3 is 4.43 Å². The second-order valence-corrected chi connectivity index (χ2v) is 7.94. The fourth-order valence-electron chi connectivity index (χ4n) is 0.550. The molecule has 4 nitrogen and oxygen atoms in total. The van der Waals surface area contributed by atoms with E-state index in [2.05, 4.69) is 36.2 Å². The molecule has 5 heteroatoms. The second kappa shape index (κ2) is 4.98. The molecule has 0 spiro atoms. The van der Waals surface area contributed by atoms with E-state index in [0.717, 1.165) is 0 Å². The van der Waals surface area contributed by atoms with Crippen LogP contribution in [-0.4, -0.2) is 21.0 Å². The van der Waals surface area contributed by atoms with E-state index >= 15 is 0 Å². The van der Waals surface area contributed by atoms with Crippen LogP contribution in [0.4, 0.5) is 0 Å². The fraction of sp³-hybridized carbons (Fsp3) is 0.714. The summed E-state index contributed by atoms with van der Waals surface area (Å²) in [7, 11) is -1.50. The van der Waals surface area contributed by atoms with Gasteiger partial charge in [-0.2, -0.15) is 0 Å². The second-order valence-electron chi connectivity index (χ2n) is 3.43. The molecule has 0 aromatic carbocycles. The normalized spacial score (nSPS) is 13.2.